The van der Waals surface area contributed by atoms with Gasteiger partial charge in [0.1, 0.15) is 5.71 Å². The Bertz CT molecular complexity index is 882. The van der Waals surface area contributed by atoms with Gasteiger partial charge >= 0.3 is 5.97 Å². The normalized spacial score (nSPS) is 11.6. The van der Waals surface area contributed by atoms with Crippen LogP contribution in [-0.4, -0.2) is 28.5 Å². The van der Waals surface area contributed by atoms with Crippen LogP contribution in [0.1, 0.15) is 23.7 Å². The predicted molar refractivity (Wildman–Crippen MR) is 92.5 cm³/mol. The molecule has 0 aliphatic rings. The SMILES string of the molecule is CCOC(=O)Cc1c(/C(=N/O)c2ccccc2)[nH]c2ccccc12. The Labute approximate surface area is 139 Å². The van der Waals surface area contributed by atoms with E-state index in [2.05, 4.69) is 10.1 Å². The van der Waals surface area contributed by atoms with E-state index in [1.807, 2.05) is 54.6 Å². The van der Waals surface area contributed by atoms with Gasteiger partial charge in [-0.05, 0) is 18.6 Å². The van der Waals surface area contributed by atoms with Gasteiger partial charge in [-0.25, -0.2) is 0 Å². The molecule has 122 valence electrons. The van der Waals surface area contributed by atoms with E-state index in [1.165, 1.54) is 0 Å². The molecule has 2 aromatic carbocycles. The molecule has 0 saturated heterocycles. The van der Waals surface area contributed by atoms with Crippen molar-refractivity contribution in [3.8, 4) is 0 Å². The summed E-state index contributed by atoms with van der Waals surface area (Å²) in [5.41, 5.74) is 3.42. The lowest BCUT2D eigenvalue weighted by atomic mass is 10.0. The first-order chi connectivity index (χ1) is 11.7. The predicted octanol–water partition coefficient (Wildman–Crippen LogP) is 3.50. The number of esters is 1. The Morgan fingerprint density at radius 2 is 1.83 bits per heavy atom. The summed E-state index contributed by atoms with van der Waals surface area (Å²) in [4.78, 5) is 15.3. The van der Waals surface area contributed by atoms with Gasteiger partial charge in [0, 0.05) is 16.5 Å². The van der Waals surface area contributed by atoms with Crippen LogP contribution in [0.4, 0.5) is 0 Å². The number of H-pyrrole nitrogens is 1. The molecule has 0 atom stereocenters. The summed E-state index contributed by atoms with van der Waals surface area (Å²) in [6, 6.07) is 17.0. The molecule has 2 N–H and O–H groups in total. The van der Waals surface area contributed by atoms with Crippen molar-refractivity contribution in [1.29, 1.82) is 0 Å². The fourth-order valence-corrected chi connectivity index (χ4v) is 2.79. The molecule has 1 heterocycles. The minimum absolute atomic E-state index is 0.110. The molecule has 5 heteroatoms. The lowest BCUT2D eigenvalue weighted by Gasteiger charge is -2.07. The van der Waals surface area contributed by atoms with Gasteiger partial charge in [0.15, 0.2) is 0 Å². The molecule has 24 heavy (non-hydrogen) atoms. The number of nitrogens with one attached hydrogen (secondary N) is 1. The number of para-hydroxylation sites is 1. The van der Waals surface area contributed by atoms with Crippen molar-refractivity contribution in [3.05, 3.63) is 71.4 Å². The third kappa shape index (κ3) is 3.01. The highest BCUT2D eigenvalue weighted by Crippen LogP contribution is 2.25. The number of ether oxygens (including phenoxy) is 1. The van der Waals surface area contributed by atoms with E-state index in [1.54, 1.807) is 6.92 Å². The van der Waals surface area contributed by atoms with Crippen LogP contribution >= 0.6 is 0 Å². The first-order valence-corrected chi connectivity index (χ1v) is 7.77. The summed E-state index contributed by atoms with van der Waals surface area (Å²) in [6.07, 6.45) is 0.110. The number of aromatic nitrogens is 1. The van der Waals surface area contributed by atoms with Gasteiger partial charge < -0.3 is 14.9 Å². The molecule has 0 saturated carbocycles. The van der Waals surface area contributed by atoms with Crippen LogP contribution in [0.15, 0.2) is 59.8 Å². The van der Waals surface area contributed by atoms with Gasteiger partial charge in [-0.15, -0.1) is 0 Å². The number of oxime groups is 1. The maximum atomic E-state index is 12.0. The van der Waals surface area contributed by atoms with Crippen LogP contribution in [-0.2, 0) is 16.0 Å². The van der Waals surface area contributed by atoms with Gasteiger partial charge in [0.2, 0.25) is 0 Å². The maximum absolute atomic E-state index is 12.0. The topological polar surface area (TPSA) is 74.7 Å². The van der Waals surface area contributed by atoms with Crippen LogP contribution in [0, 0.1) is 0 Å². The van der Waals surface area contributed by atoms with E-state index < -0.39 is 0 Å². The summed E-state index contributed by atoms with van der Waals surface area (Å²) in [6.45, 7) is 2.11. The quantitative estimate of drug-likeness (QED) is 0.327. The molecule has 0 spiro atoms. The van der Waals surface area contributed by atoms with Gasteiger partial charge in [-0.2, -0.15) is 0 Å². The number of nitrogens with zero attached hydrogens (tertiary/aromatic N) is 1. The molecular weight excluding hydrogens is 304 g/mol. The third-order valence-corrected chi connectivity index (χ3v) is 3.82. The second kappa shape index (κ2) is 7.00. The largest absolute Gasteiger partial charge is 0.466 e. The van der Waals surface area contributed by atoms with Gasteiger partial charge in [0.25, 0.3) is 0 Å². The second-order valence-electron chi connectivity index (χ2n) is 5.32. The van der Waals surface area contributed by atoms with E-state index in [0.29, 0.717) is 18.0 Å². The molecule has 0 fully saturated rings. The maximum Gasteiger partial charge on any atom is 0.310 e. The average Bonchev–Trinajstić information content (AvgIpc) is 2.95. The molecular formula is C19H18N2O3. The zero-order valence-corrected chi connectivity index (χ0v) is 13.3. The van der Waals surface area contributed by atoms with Crippen LogP contribution in [0.5, 0.6) is 0 Å². The van der Waals surface area contributed by atoms with E-state index in [-0.39, 0.29) is 12.4 Å². The Kier molecular flexibility index (Phi) is 4.61. The zero-order valence-electron chi connectivity index (χ0n) is 13.3. The molecule has 1 aromatic heterocycles. The van der Waals surface area contributed by atoms with Crippen molar-refractivity contribution < 1.29 is 14.7 Å². The molecule has 0 aliphatic carbocycles. The smallest absolute Gasteiger partial charge is 0.310 e. The number of hydrogen-bond donors (Lipinski definition) is 2. The van der Waals surface area contributed by atoms with Crippen LogP contribution in [0.25, 0.3) is 10.9 Å². The Morgan fingerprint density at radius 1 is 1.12 bits per heavy atom. The highest BCUT2D eigenvalue weighted by Gasteiger charge is 2.20. The molecule has 0 unspecified atom stereocenters. The number of benzene rings is 2. The number of carbonyl (C=O) groups excluding carboxylic acids is 1. The van der Waals surface area contributed by atoms with Crippen LogP contribution in [0.3, 0.4) is 0 Å². The first-order valence-electron chi connectivity index (χ1n) is 7.77. The van der Waals surface area contributed by atoms with Crippen molar-refractivity contribution in [2.45, 2.75) is 13.3 Å². The van der Waals surface area contributed by atoms with Crippen molar-refractivity contribution in [2.24, 2.45) is 5.16 Å². The lowest BCUT2D eigenvalue weighted by Crippen LogP contribution is -2.12. The zero-order chi connectivity index (χ0) is 16.9. The van der Waals surface area contributed by atoms with Crippen molar-refractivity contribution in [3.63, 3.8) is 0 Å². The van der Waals surface area contributed by atoms with Crippen molar-refractivity contribution in [2.75, 3.05) is 6.61 Å². The molecule has 0 bridgehead atoms. The minimum Gasteiger partial charge on any atom is -0.466 e. The number of aromatic amines is 1. The van der Waals surface area contributed by atoms with Gasteiger partial charge in [0.05, 0.1) is 18.7 Å². The van der Waals surface area contributed by atoms with Crippen molar-refractivity contribution >= 4 is 22.6 Å². The van der Waals surface area contributed by atoms with E-state index >= 15 is 0 Å². The molecule has 3 aromatic rings. The molecule has 0 radical (unpaired) electrons. The molecule has 3 rings (SSSR count). The number of hydrogen-bond acceptors (Lipinski definition) is 4. The van der Waals surface area contributed by atoms with E-state index in [0.717, 1.165) is 22.0 Å². The summed E-state index contributed by atoms with van der Waals surface area (Å²) in [5, 5.41) is 14.0. The molecule has 5 nitrogen and oxygen atoms in total. The summed E-state index contributed by atoms with van der Waals surface area (Å²) in [7, 11) is 0. The van der Waals surface area contributed by atoms with Gasteiger partial charge in [-0.3, -0.25) is 4.79 Å². The Balaban J connectivity index is 2.14. The number of carbonyl (C=O) groups is 1. The highest BCUT2D eigenvalue weighted by atomic mass is 16.5. The van der Waals surface area contributed by atoms with Crippen LogP contribution in [0.2, 0.25) is 0 Å². The summed E-state index contributed by atoms with van der Waals surface area (Å²) >= 11 is 0. The highest BCUT2D eigenvalue weighted by molar-refractivity contribution is 6.15. The second-order valence-corrected chi connectivity index (χ2v) is 5.32. The number of fused-ring (bicyclic) bond motifs is 1. The minimum atomic E-state index is -0.311. The fraction of sp³-hybridized carbons (Fsp3) is 0.158. The van der Waals surface area contributed by atoms with E-state index in [4.69, 9.17) is 4.74 Å². The van der Waals surface area contributed by atoms with Crippen LogP contribution < -0.4 is 0 Å². The summed E-state index contributed by atoms with van der Waals surface area (Å²) in [5.74, 6) is -0.311. The Hall–Kier alpha value is -3.08. The third-order valence-electron chi connectivity index (χ3n) is 3.82. The monoisotopic (exact) mass is 322 g/mol. The number of rotatable bonds is 5. The summed E-state index contributed by atoms with van der Waals surface area (Å²) < 4.78 is 5.08. The van der Waals surface area contributed by atoms with Crippen molar-refractivity contribution in [1.82, 2.24) is 4.98 Å². The molecule has 0 aliphatic heterocycles. The lowest BCUT2D eigenvalue weighted by molar-refractivity contribution is -0.142. The van der Waals surface area contributed by atoms with Gasteiger partial charge in [-0.1, -0.05) is 53.7 Å². The Morgan fingerprint density at radius 3 is 2.54 bits per heavy atom. The average molecular weight is 322 g/mol. The molecule has 0 amide bonds. The van der Waals surface area contributed by atoms with E-state index in [9.17, 15) is 10.0 Å². The first kappa shape index (κ1) is 15.8. The standard InChI is InChI=1S/C19H18N2O3/c1-2-24-17(22)12-15-14-10-6-7-11-16(14)20-19(15)18(21-23)13-8-4-3-5-9-13/h3-11,20,23H,2,12H2,1H3/b21-18+. The fourth-order valence-electron chi connectivity index (χ4n) is 2.79.